The molecule has 1 rings (SSSR count). The molecule has 0 aliphatic heterocycles. The normalized spacial score (nSPS) is 9.83. The first-order valence-electron chi connectivity index (χ1n) is 3.22. The van der Waals surface area contributed by atoms with E-state index in [2.05, 4.69) is 15.9 Å². The van der Waals surface area contributed by atoms with E-state index in [1.165, 1.54) is 12.1 Å². The van der Waals surface area contributed by atoms with Gasteiger partial charge in [-0.1, -0.05) is 15.9 Å². The molecule has 1 N–H and O–H groups in total. The minimum atomic E-state index is -1.11. The smallest absolute Gasteiger partial charge is 0.335 e. The molecule has 0 radical (unpaired) electrons. The van der Waals surface area contributed by atoms with Gasteiger partial charge in [0.05, 0.1) is 5.56 Å². The Kier molecular flexibility index (Phi) is 2.81. The molecule has 0 spiro atoms. The summed E-state index contributed by atoms with van der Waals surface area (Å²) in [6.45, 7) is 0. The minimum absolute atomic E-state index is 0.0237. The Morgan fingerprint density at radius 2 is 2.17 bits per heavy atom. The van der Waals surface area contributed by atoms with E-state index in [0.717, 1.165) is 6.07 Å². The molecule has 0 aliphatic rings. The Morgan fingerprint density at radius 3 is 2.67 bits per heavy atom. The summed E-state index contributed by atoms with van der Waals surface area (Å²) in [5.41, 5.74) is 0.594. The van der Waals surface area contributed by atoms with Crippen LogP contribution in [-0.2, 0) is 5.33 Å². The fourth-order valence-electron chi connectivity index (χ4n) is 0.851. The van der Waals surface area contributed by atoms with Crippen LogP contribution in [0.2, 0.25) is 0 Å². The van der Waals surface area contributed by atoms with Crippen LogP contribution in [0.3, 0.4) is 0 Å². The highest BCUT2D eigenvalue weighted by atomic mass is 79.9. The summed E-state index contributed by atoms with van der Waals surface area (Å²) >= 11 is 3.12. The first-order valence-corrected chi connectivity index (χ1v) is 4.34. The van der Waals surface area contributed by atoms with E-state index in [1.54, 1.807) is 0 Å². The van der Waals surface area contributed by atoms with E-state index in [-0.39, 0.29) is 5.56 Å². The number of hydrogen-bond acceptors (Lipinski definition) is 1. The van der Waals surface area contributed by atoms with Gasteiger partial charge in [0.25, 0.3) is 0 Å². The zero-order chi connectivity index (χ0) is 9.14. The molecule has 0 bridgehead atoms. The summed E-state index contributed by atoms with van der Waals surface area (Å²) in [6, 6.07) is 3.72. The Balaban J connectivity index is 3.15. The molecule has 64 valence electrons. The third kappa shape index (κ3) is 2.04. The van der Waals surface area contributed by atoms with Gasteiger partial charge in [0.1, 0.15) is 5.82 Å². The van der Waals surface area contributed by atoms with Gasteiger partial charge in [0.15, 0.2) is 0 Å². The quantitative estimate of drug-likeness (QED) is 0.796. The average molecular weight is 233 g/mol. The number of carboxylic acid groups (broad SMARTS) is 1. The van der Waals surface area contributed by atoms with Gasteiger partial charge in [-0.25, -0.2) is 9.18 Å². The number of aromatic carboxylic acids is 1. The van der Waals surface area contributed by atoms with Gasteiger partial charge < -0.3 is 5.11 Å². The molecule has 0 fully saturated rings. The zero-order valence-corrected chi connectivity index (χ0v) is 7.64. The van der Waals surface area contributed by atoms with Gasteiger partial charge in [-0.05, 0) is 23.8 Å². The Labute approximate surface area is 77.2 Å². The fraction of sp³-hybridized carbons (Fsp3) is 0.125. The third-order valence-electron chi connectivity index (χ3n) is 1.36. The van der Waals surface area contributed by atoms with Crippen molar-refractivity contribution in [2.45, 2.75) is 5.33 Å². The maximum atomic E-state index is 12.7. The van der Waals surface area contributed by atoms with E-state index in [4.69, 9.17) is 5.11 Å². The van der Waals surface area contributed by atoms with Crippen molar-refractivity contribution in [3.8, 4) is 0 Å². The summed E-state index contributed by atoms with van der Waals surface area (Å²) in [5.74, 6) is -1.64. The van der Waals surface area contributed by atoms with Crippen molar-refractivity contribution in [2.24, 2.45) is 0 Å². The molecular formula is C8H6BrFO2. The fourth-order valence-corrected chi connectivity index (χ4v) is 1.17. The lowest BCUT2D eigenvalue weighted by molar-refractivity contribution is 0.0696. The highest BCUT2D eigenvalue weighted by molar-refractivity contribution is 9.08. The molecule has 0 atom stereocenters. The lowest BCUT2D eigenvalue weighted by Gasteiger charge is -1.98. The van der Waals surface area contributed by atoms with Crippen molar-refractivity contribution in [1.29, 1.82) is 0 Å². The van der Waals surface area contributed by atoms with Gasteiger partial charge in [0.2, 0.25) is 0 Å². The molecule has 0 heterocycles. The summed E-state index contributed by atoms with van der Waals surface area (Å²) < 4.78 is 12.7. The Bertz CT molecular complexity index is 312. The number of alkyl halides is 1. The van der Waals surface area contributed by atoms with Gasteiger partial charge in [-0.3, -0.25) is 0 Å². The maximum Gasteiger partial charge on any atom is 0.335 e. The molecule has 0 aliphatic carbocycles. The van der Waals surface area contributed by atoms with Crippen molar-refractivity contribution < 1.29 is 14.3 Å². The van der Waals surface area contributed by atoms with E-state index in [0.29, 0.717) is 10.9 Å². The molecule has 0 unspecified atom stereocenters. The SMILES string of the molecule is O=C(O)c1cc(F)cc(CBr)c1. The van der Waals surface area contributed by atoms with Gasteiger partial charge in [-0.2, -0.15) is 0 Å². The van der Waals surface area contributed by atoms with E-state index in [1.807, 2.05) is 0 Å². The van der Waals surface area contributed by atoms with Crippen LogP contribution in [0.25, 0.3) is 0 Å². The number of carbonyl (C=O) groups is 1. The van der Waals surface area contributed by atoms with Crippen LogP contribution in [-0.4, -0.2) is 11.1 Å². The Hall–Kier alpha value is -0.900. The molecule has 4 heteroatoms. The predicted octanol–water partition coefficient (Wildman–Crippen LogP) is 2.42. The van der Waals surface area contributed by atoms with Crippen molar-refractivity contribution in [3.05, 3.63) is 35.1 Å². The standard InChI is InChI=1S/C8H6BrFO2/c9-4-5-1-6(8(11)12)3-7(10)2-5/h1-3H,4H2,(H,11,12). The summed E-state index contributed by atoms with van der Waals surface area (Å²) in [5, 5.41) is 9.00. The predicted molar refractivity (Wildman–Crippen MR) is 46.0 cm³/mol. The number of halogens is 2. The molecule has 12 heavy (non-hydrogen) atoms. The Morgan fingerprint density at radius 1 is 1.50 bits per heavy atom. The van der Waals surface area contributed by atoms with Crippen molar-refractivity contribution in [3.63, 3.8) is 0 Å². The highest BCUT2D eigenvalue weighted by Crippen LogP contribution is 2.11. The largest absolute Gasteiger partial charge is 0.478 e. The maximum absolute atomic E-state index is 12.7. The first kappa shape index (κ1) is 9.19. The second kappa shape index (κ2) is 3.67. The molecule has 2 nitrogen and oxygen atoms in total. The summed E-state index contributed by atoms with van der Waals surface area (Å²) in [6.07, 6.45) is 0. The van der Waals surface area contributed by atoms with Gasteiger partial charge >= 0.3 is 5.97 Å². The number of rotatable bonds is 2. The van der Waals surface area contributed by atoms with Crippen LogP contribution in [0.15, 0.2) is 18.2 Å². The van der Waals surface area contributed by atoms with Crippen LogP contribution >= 0.6 is 15.9 Å². The van der Waals surface area contributed by atoms with Gasteiger partial charge in [-0.15, -0.1) is 0 Å². The third-order valence-corrected chi connectivity index (χ3v) is 2.01. The zero-order valence-electron chi connectivity index (χ0n) is 6.05. The molecule has 0 amide bonds. The lowest BCUT2D eigenvalue weighted by Crippen LogP contribution is -1.98. The van der Waals surface area contributed by atoms with Gasteiger partial charge in [0, 0.05) is 5.33 Å². The van der Waals surface area contributed by atoms with E-state index < -0.39 is 11.8 Å². The second-order valence-corrected chi connectivity index (χ2v) is 2.85. The lowest BCUT2D eigenvalue weighted by atomic mass is 10.1. The molecule has 1 aromatic carbocycles. The summed E-state index contributed by atoms with van der Waals surface area (Å²) in [4.78, 5) is 10.4. The van der Waals surface area contributed by atoms with Crippen molar-refractivity contribution in [1.82, 2.24) is 0 Å². The van der Waals surface area contributed by atoms with Crippen molar-refractivity contribution >= 4 is 21.9 Å². The number of carboxylic acids is 1. The monoisotopic (exact) mass is 232 g/mol. The highest BCUT2D eigenvalue weighted by Gasteiger charge is 2.05. The second-order valence-electron chi connectivity index (χ2n) is 2.29. The first-order chi connectivity index (χ1) is 5.63. The number of benzene rings is 1. The van der Waals surface area contributed by atoms with Crippen LogP contribution in [0.1, 0.15) is 15.9 Å². The average Bonchev–Trinajstić information content (AvgIpc) is 2.03. The van der Waals surface area contributed by atoms with E-state index >= 15 is 0 Å². The molecule has 1 aromatic rings. The van der Waals surface area contributed by atoms with Crippen LogP contribution < -0.4 is 0 Å². The molecular weight excluding hydrogens is 227 g/mol. The number of hydrogen-bond donors (Lipinski definition) is 1. The van der Waals surface area contributed by atoms with Crippen LogP contribution in [0.4, 0.5) is 4.39 Å². The molecule has 0 saturated heterocycles. The van der Waals surface area contributed by atoms with Crippen molar-refractivity contribution in [2.75, 3.05) is 0 Å². The molecule has 0 aromatic heterocycles. The summed E-state index contributed by atoms with van der Waals surface area (Å²) in [7, 11) is 0. The van der Waals surface area contributed by atoms with Crippen LogP contribution in [0.5, 0.6) is 0 Å². The van der Waals surface area contributed by atoms with E-state index in [9.17, 15) is 9.18 Å². The molecule has 0 saturated carbocycles. The van der Waals surface area contributed by atoms with Crippen LogP contribution in [0, 0.1) is 5.82 Å². The topological polar surface area (TPSA) is 37.3 Å². The minimum Gasteiger partial charge on any atom is -0.478 e.